The zero-order valence-corrected chi connectivity index (χ0v) is 7.79. The first-order valence-electron chi connectivity index (χ1n) is 4.56. The van der Waals surface area contributed by atoms with Crippen molar-refractivity contribution >= 4 is 11.7 Å². The van der Waals surface area contributed by atoms with E-state index in [4.69, 9.17) is 11.5 Å². The molecular weight excluding hydrogens is 178 g/mol. The third-order valence-corrected chi connectivity index (χ3v) is 2.49. The number of carbonyl (C=O) groups is 1. The van der Waals surface area contributed by atoms with Crippen LogP contribution in [0, 0.1) is 0 Å². The maximum absolute atomic E-state index is 10.6. The Morgan fingerprint density at radius 2 is 2.14 bits per heavy atom. The number of rotatable bonds is 2. The summed E-state index contributed by atoms with van der Waals surface area (Å²) in [6, 6.07) is 6.95. The van der Waals surface area contributed by atoms with Crippen LogP contribution >= 0.6 is 0 Å². The number of carbonyl (C=O) groups excluding carboxylic acids is 1. The number of anilines is 1. The van der Waals surface area contributed by atoms with E-state index < -0.39 is 6.03 Å². The SMILES string of the molecule is NC(=O)Nc1cccc(C2(N)CC2)c1. The molecule has 0 radical (unpaired) electrons. The summed E-state index contributed by atoms with van der Waals surface area (Å²) in [5.41, 5.74) is 12.6. The number of primary amides is 1. The molecule has 0 saturated heterocycles. The fraction of sp³-hybridized carbons (Fsp3) is 0.300. The molecule has 4 nitrogen and oxygen atoms in total. The van der Waals surface area contributed by atoms with Gasteiger partial charge >= 0.3 is 6.03 Å². The van der Waals surface area contributed by atoms with E-state index in [1.54, 1.807) is 6.07 Å². The van der Waals surface area contributed by atoms with Gasteiger partial charge in [0.1, 0.15) is 0 Å². The molecule has 1 aliphatic carbocycles. The van der Waals surface area contributed by atoms with E-state index >= 15 is 0 Å². The fourth-order valence-electron chi connectivity index (χ4n) is 1.47. The second-order valence-corrected chi connectivity index (χ2v) is 3.73. The van der Waals surface area contributed by atoms with Crippen molar-refractivity contribution in [1.29, 1.82) is 0 Å². The van der Waals surface area contributed by atoms with E-state index in [-0.39, 0.29) is 5.54 Å². The van der Waals surface area contributed by atoms with Crippen LogP contribution in [0.1, 0.15) is 18.4 Å². The Kier molecular flexibility index (Phi) is 1.93. The molecule has 1 aromatic carbocycles. The molecule has 1 fully saturated rings. The van der Waals surface area contributed by atoms with Crippen molar-refractivity contribution in [3.8, 4) is 0 Å². The van der Waals surface area contributed by atoms with Gasteiger partial charge < -0.3 is 16.8 Å². The number of urea groups is 1. The van der Waals surface area contributed by atoms with E-state index in [1.807, 2.05) is 18.2 Å². The third-order valence-electron chi connectivity index (χ3n) is 2.49. The minimum Gasteiger partial charge on any atom is -0.351 e. The molecule has 0 heterocycles. The molecule has 0 bridgehead atoms. The van der Waals surface area contributed by atoms with Gasteiger partial charge in [0.2, 0.25) is 0 Å². The number of nitrogens with one attached hydrogen (secondary N) is 1. The van der Waals surface area contributed by atoms with Gasteiger partial charge in [-0.1, -0.05) is 12.1 Å². The first kappa shape index (κ1) is 9.02. The highest BCUT2D eigenvalue weighted by molar-refractivity contribution is 5.87. The highest BCUT2D eigenvalue weighted by Gasteiger charge is 2.39. The molecule has 1 aromatic rings. The molecule has 0 aliphatic heterocycles. The van der Waals surface area contributed by atoms with Gasteiger partial charge in [0.15, 0.2) is 0 Å². The van der Waals surface area contributed by atoms with Crippen LogP contribution in [-0.2, 0) is 5.54 Å². The molecule has 0 atom stereocenters. The van der Waals surface area contributed by atoms with Gasteiger partial charge in [0.25, 0.3) is 0 Å². The zero-order chi connectivity index (χ0) is 10.2. The lowest BCUT2D eigenvalue weighted by molar-refractivity contribution is 0.259. The highest BCUT2D eigenvalue weighted by atomic mass is 16.2. The van der Waals surface area contributed by atoms with Crippen molar-refractivity contribution in [2.24, 2.45) is 11.5 Å². The summed E-state index contributed by atoms with van der Waals surface area (Å²) in [7, 11) is 0. The van der Waals surface area contributed by atoms with E-state index in [0.29, 0.717) is 5.69 Å². The second-order valence-electron chi connectivity index (χ2n) is 3.73. The summed E-state index contributed by atoms with van der Waals surface area (Å²) in [4.78, 5) is 10.6. The summed E-state index contributed by atoms with van der Waals surface area (Å²) < 4.78 is 0. The molecule has 14 heavy (non-hydrogen) atoms. The Balaban J connectivity index is 2.23. The lowest BCUT2D eigenvalue weighted by Gasteiger charge is -2.10. The van der Waals surface area contributed by atoms with Crippen LogP contribution in [0.3, 0.4) is 0 Å². The molecule has 0 spiro atoms. The Bertz CT molecular complexity index is 371. The van der Waals surface area contributed by atoms with Gasteiger partial charge in [-0.05, 0) is 30.5 Å². The molecule has 1 saturated carbocycles. The largest absolute Gasteiger partial charge is 0.351 e. The van der Waals surface area contributed by atoms with Crippen LogP contribution in [0.15, 0.2) is 24.3 Å². The van der Waals surface area contributed by atoms with E-state index in [1.165, 1.54) is 0 Å². The zero-order valence-electron chi connectivity index (χ0n) is 7.79. The fourth-order valence-corrected chi connectivity index (χ4v) is 1.47. The average molecular weight is 191 g/mol. The van der Waals surface area contributed by atoms with Crippen LogP contribution < -0.4 is 16.8 Å². The maximum atomic E-state index is 10.6. The van der Waals surface area contributed by atoms with Crippen molar-refractivity contribution < 1.29 is 4.79 Å². The quantitative estimate of drug-likeness (QED) is 0.654. The maximum Gasteiger partial charge on any atom is 0.316 e. The average Bonchev–Trinajstić information content (AvgIpc) is 2.84. The number of hydrogen-bond donors (Lipinski definition) is 3. The molecule has 4 heteroatoms. The van der Waals surface area contributed by atoms with Crippen molar-refractivity contribution in [2.75, 3.05) is 5.32 Å². The third kappa shape index (κ3) is 1.70. The predicted molar refractivity (Wildman–Crippen MR) is 54.7 cm³/mol. The second kappa shape index (κ2) is 2.99. The molecule has 2 amide bonds. The van der Waals surface area contributed by atoms with E-state index in [2.05, 4.69) is 5.32 Å². The minimum atomic E-state index is -0.552. The van der Waals surface area contributed by atoms with Gasteiger partial charge in [0, 0.05) is 11.2 Å². The number of nitrogens with two attached hydrogens (primary N) is 2. The number of benzene rings is 1. The van der Waals surface area contributed by atoms with Gasteiger partial charge in [-0.3, -0.25) is 0 Å². The minimum absolute atomic E-state index is 0.171. The monoisotopic (exact) mass is 191 g/mol. The lowest BCUT2D eigenvalue weighted by Crippen LogP contribution is -2.21. The molecule has 0 unspecified atom stereocenters. The van der Waals surface area contributed by atoms with Gasteiger partial charge in [0.05, 0.1) is 0 Å². The van der Waals surface area contributed by atoms with Crippen LogP contribution in [0.2, 0.25) is 0 Å². The topological polar surface area (TPSA) is 81.1 Å². The molecule has 0 aromatic heterocycles. The van der Waals surface area contributed by atoms with Crippen molar-refractivity contribution in [2.45, 2.75) is 18.4 Å². The summed E-state index contributed by atoms with van der Waals surface area (Å²) in [5, 5.41) is 2.53. The van der Waals surface area contributed by atoms with Crippen molar-refractivity contribution in [3.63, 3.8) is 0 Å². The van der Waals surface area contributed by atoms with Crippen LogP contribution in [0.5, 0.6) is 0 Å². The summed E-state index contributed by atoms with van der Waals surface area (Å²) in [6.45, 7) is 0. The summed E-state index contributed by atoms with van der Waals surface area (Å²) >= 11 is 0. The Morgan fingerprint density at radius 3 is 2.71 bits per heavy atom. The molecule has 74 valence electrons. The first-order valence-corrected chi connectivity index (χ1v) is 4.56. The normalized spacial score (nSPS) is 17.5. The predicted octanol–water partition coefficient (Wildman–Crippen LogP) is 1.13. The Labute approximate surface area is 82.3 Å². The summed E-state index contributed by atoms with van der Waals surface area (Å²) in [6.07, 6.45) is 2.01. The van der Waals surface area contributed by atoms with Crippen LogP contribution in [0.25, 0.3) is 0 Å². The molecule has 2 rings (SSSR count). The molecular formula is C10H13N3O. The number of amides is 2. The van der Waals surface area contributed by atoms with Crippen molar-refractivity contribution in [3.05, 3.63) is 29.8 Å². The summed E-state index contributed by atoms with van der Waals surface area (Å²) in [5.74, 6) is 0. The van der Waals surface area contributed by atoms with Crippen molar-refractivity contribution in [1.82, 2.24) is 0 Å². The highest BCUT2D eigenvalue weighted by Crippen LogP contribution is 2.43. The first-order chi connectivity index (χ1) is 6.60. The lowest BCUT2D eigenvalue weighted by atomic mass is 10.1. The molecule has 5 N–H and O–H groups in total. The van der Waals surface area contributed by atoms with Crippen LogP contribution in [-0.4, -0.2) is 6.03 Å². The van der Waals surface area contributed by atoms with Gasteiger partial charge in [-0.15, -0.1) is 0 Å². The van der Waals surface area contributed by atoms with Crippen LogP contribution in [0.4, 0.5) is 10.5 Å². The molecule has 1 aliphatic rings. The standard InChI is InChI=1S/C10H13N3O/c11-9(14)13-8-3-1-2-7(6-8)10(12)4-5-10/h1-3,6H,4-5,12H2,(H3,11,13,14). The Morgan fingerprint density at radius 1 is 1.43 bits per heavy atom. The Hall–Kier alpha value is -1.55. The van der Waals surface area contributed by atoms with Gasteiger partial charge in [-0.2, -0.15) is 0 Å². The van der Waals surface area contributed by atoms with E-state index in [9.17, 15) is 4.79 Å². The van der Waals surface area contributed by atoms with E-state index in [0.717, 1.165) is 18.4 Å². The number of hydrogen-bond acceptors (Lipinski definition) is 2. The van der Waals surface area contributed by atoms with Gasteiger partial charge in [-0.25, -0.2) is 4.79 Å². The smallest absolute Gasteiger partial charge is 0.316 e.